The van der Waals surface area contributed by atoms with E-state index in [1.807, 2.05) is 60.7 Å². The maximum absolute atomic E-state index is 8.49. The van der Waals surface area contributed by atoms with Gasteiger partial charge in [-0.2, -0.15) is 36.4 Å². The van der Waals surface area contributed by atoms with Crippen LogP contribution in [0.15, 0.2) is 60.7 Å². The van der Waals surface area contributed by atoms with E-state index in [0.29, 0.717) is 0 Å². The molecule has 1 radical (unpaired) electrons. The zero-order valence-electron chi connectivity index (χ0n) is 8.14. The molecule has 0 saturated heterocycles. The predicted molar refractivity (Wildman–Crippen MR) is 44.1 cm³/mol. The van der Waals surface area contributed by atoms with Gasteiger partial charge in [0, 0.05) is 0 Å². The third kappa shape index (κ3) is 23.3. The van der Waals surface area contributed by atoms with Crippen LogP contribution >= 0.6 is 0 Å². The zero-order valence-corrected chi connectivity index (χ0v) is 10.00. The quantitative estimate of drug-likeness (QED) is 0.415. The Bertz CT molecular complexity index is 222. The van der Waals surface area contributed by atoms with E-state index in [0.717, 1.165) is 0 Å². The molecule has 16 heavy (non-hydrogen) atoms. The van der Waals surface area contributed by atoms with Crippen molar-refractivity contribution in [1.29, 1.82) is 0 Å². The molecule has 2 rings (SSSR count). The van der Waals surface area contributed by atoms with Gasteiger partial charge in [-0.05, 0) is 0 Å². The van der Waals surface area contributed by atoms with E-state index in [2.05, 4.69) is 0 Å². The second kappa shape index (κ2) is 10.9. The maximum Gasteiger partial charge on any atom is 3.00 e. The molecule has 0 aliphatic rings. The third-order valence-electron chi connectivity index (χ3n) is 1.11. The summed E-state index contributed by atoms with van der Waals surface area (Å²) in [6, 6.07) is 20.0. The molecule has 0 heterocycles. The largest absolute Gasteiger partial charge is 3.00 e. The normalized spacial score (nSPS) is 8.75. The smallest absolute Gasteiger partial charge is 0.222 e. The van der Waals surface area contributed by atoms with Crippen molar-refractivity contribution in [3.05, 3.63) is 60.7 Å². The second-order valence-electron chi connectivity index (χ2n) is 2.30. The van der Waals surface area contributed by atoms with Crippen LogP contribution in [0, 0.1) is 10.2 Å². The molecule has 2 aromatic rings. The average molecular weight is 285 g/mol. The van der Waals surface area contributed by atoms with Crippen LogP contribution in [0.5, 0.6) is 0 Å². The molecule has 89 valence electrons. The van der Waals surface area contributed by atoms with Gasteiger partial charge in [-0.15, -0.1) is 10.2 Å². The molecule has 0 fully saturated rings. The van der Waals surface area contributed by atoms with Gasteiger partial charge >= 0.3 is 17.1 Å². The average Bonchev–Trinajstić information content (AvgIpc) is 2.81. The van der Waals surface area contributed by atoms with Crippen LogP contribution in [0.4, 0.5) is 0 Å². The van der Waals surface area contributed by atoms with Crippen molar-refractivity contribution in [2.45, 2.75) is 0 Å². The van der Waals surface area contributed by atoms with Gasteiger partial charge in [-0.3, -0.25) is 0 Å². The summed E-state index contributed by atoms with van der Waals surface area (Å²) in [6.07, 6.45) is 0. The Morgan fingerprint density at radius 3 is 0.875 bits per heavy atom. The fourth-order valence-corrected chi connectivity index (χ4v) is 0.642. The summed E-state index contributed by atoms with van der Waals surface area (Å²) in [4.78, 5) is 0. The summed E-state index contributed by atoms with van der Waals surface area (Å²) in [5.41, 5.74) is 0. The summed E-state index contributed by atoms with van der Waals surface area (Å²) in [5.74, 6) is 0. The number of rotatable bonds is 0. The van der Waals surface area contributed by atoms with Gasteiger partial charge in [0.2, 0.25) is 0 Å². The predicted octanol–water partition coefficient (Wildman–Crippen LogP) is -1.95. The topological polar surface area (TPSA) is 92.2 Å². The third-order valence-corrected chi connectivity index (χ3v) is 1.11. The van der Waals surface area contributed by atoms with Gasteiger partial charge in [0.05, 0.1) is 0 Å². The molecule has 6 heteroatoms. The van der Waals surface area contributed by atoms with Crippen molar-refractivity contribution in [3.8, 4) is 0 Å². The minimum Gasteiger partial charge on any atom is -0.222 e. The standard InChI is InChI=1S/2C5H5.ClHO4.Fe/c2*1-2-4-5-3-1;2-1(3,4)5;/h2*1-5H;(H,2,3,4,5);/q2*-1;;+3/p-1. The summed E-state index contributed by atoms with van der Waals surface area (Å²) in [5, 5.41) is 0. The van der Waals surface area contributed by atoms with Crippen LogP contribution < -0.4 is 18.6 Å². The Labute approximate surface area is 107 Å². The Hall–Kier alpha value is -0.651. The van der Waals surface area contributed by atoms with Crippen LogP contribution in [-0.2, 0) is 17.1 Å². The minimum atomic E-state index is -4.94. The molecular formula is C10H10ClFeO4. The van der Waals surface area contributed by atoms with Gasteiger partial charge in [0.15, 0.2) is 0 Å². The molecule has 0 aromatic heterocycles. The van der Waals surface area contributed by atoms with Crippen molar-refractivity contribution in [2.75, 3.05) is 0 Å². The van der Waals surface area contributed by atoms with Gasteiger partial charge in [0.25, 0.3) is 0 Å². The summed E-state index contributed by atoms with van der Waals surface area (Å²) in [6.45, 7) is 0. The fraction of sp³-hybridized carbons (Fsp3) is 0. The van der Waals surface area contributed by atoms with Crippen molar-refractivity contribution in [2.24, 2.45) is 0 Å². The molecule has 4 nitrogen and oxygen atoms in total. The molecule has 0 atom stereocenters. The molecule has 0 aliphatic carbocycles. The molecule has 0 amide bonds. The van der Waals surface area contributed by atoms with Crippen LogP contribution in [0.2, 0.25) is 0 Å². The van der Waals surface area contributed by atoms with E-state index in [-0.39, 0.29) is 17.1 Å². The van der Waals surface area contributed by atoms with E-state index in [9.17, 15) is 0 Å². The molecule has 0 N–H and O–H groups in total. The van der Waals surface area contributed by atoms with Crippen LogP contribution in [0.25, 0.3) is 0 Å². The molecule has 0 aliphatic heterocycles. The number of hydrogen-bond donors (Lipinski definition) is 0. The van der Waals surface area contributed by atoms with Crippen LogP contribution in [-0.4, -0.2) is 0 Å². The maximum atomic E-state index is 8.49. The van der Waals surface area contributed by atoms with E-state index < -0.39 is 10.2 Å². The van der Waals surface area contributed by atoms with E-state index in [4.69, 9.17) is 18.6 Å². The van der Waals surface area contributed by atoms with Crippen LogP contribution in [0.3, 0.4) is 0 Å². The Balaban J connectivity index is 0. The summed E-state index contributed by atoms with van der Waals surface area (Å²) >= 11 is 0. The molecule has 2 aromatic carbocycles. The molecule has 0 unspecified atom stereocenters. The van der Waals surface area contributed by atoms with Gasteiger partial charge in [-0.25, -0.2) is 42.9 Å². The van der Waals surface area contributed by atoms with Gasteiger partial charge < -0.3 is 0 Å². The second-order valence-corrected chi connectivity index (χ2v) is 3.06. The van der Waals surface area contributed by atoms with Crippen molar-refractivity contribution >= 4 is 0 Å². The SMILES string of the molecule is [Fe+3].[O-][Cl+3]([O-])([O-])[O-].c1cc[cH-]c1.c1cc[cH-]c1. The first-order valence-corrected chi connectivity index (χ1v) is 5.18. The molecule has 0 bridgehead atoms. The fourth-order valence-electron chi connectivity index (χ4n) is 0.642. The van der Waals surface area contributed by atoms with Crippen molar-refractivity contribution in [1.82, 2.24) is 0 Å². The van der Waals surface area contributed by atoms with Crippen LogP contribution in [0.1, 0.15) is 0 Å². The Kier molecular flexibility index (Phi) is 12.0. The van der Waals surface area contributed by atoms with E-state index in [1.165, 1.54) is 0 Å². The first-order chi connectivity index (χ1) is 7.00. The Morgan fingerprint density at radius 2 is 0.812 bits per heavy atom. The molecular weight excluding hydrogens is 275 g/mol. The summed E-state index contributed by atoms with van der Waals surface area (Å²) < 4.78 is 34.0. The monoisotopic (exact) mass is 285 g/mol. The van der Waals surface area contributed by atoms with Crippen molar-refractivity contribution in [3.63, 3.8) is 0 Å². The van der Waals surface area contributed by atoms with E-state index >= 15 is 0 Å². The van der Waals surface area contributed by atoms with E-state index in [1.54, 1.807) is 0 Å². The number of hydrogen-bond acceptors (Lipinski definition) is 4. The zero-order chi connectivity index (χ0) is 11.6. The molecule has 0 spiro atoms. The number of halogens is 1. The van der Waals surface area contributed by atoms with Gasteiger partial charge in [-0.1, -0.05) is 0 Å². The first-order valence-electron chi connectivity index (χ1n) is 3.95. The van der Waals surface area contributed by atoms with Crippen molar-refractivity contribution < 1.29 is 45.9 Å². The minimum absolute atomic E-state index is 0. The molecule has 0 saturated carbocycles. The Morgan fingerprint density at radius 1 is 0.625 bits per heavy atom. The summed E-state index contributed by atoms with van der Waals surface area (Å²) in [7, 11) is -4.94. The van der Waals surface area contributed by atoms with Gasteiger partial charge in [0.1, 0.15) is 0 Å². The first kappa shape index (κ1) is 17.7.